The lowest BCUT2D eigenvalue weighted by molar-refractivity contribution is 0.115. The van der Waals surface area contributed by atoms with Gasteiger partial charge in [0, 0.05) is 23.6 Å². The number of nitrogens with two attached hydrogens (primary N) is 1. The maximum absolute atomic E-state index is 9.61. The number of benzene rings is 2. The van der Waals surface area contributed by atoms with Gasteiger partial charge in [0.25, 0.3) is 0 Å². The van der Waals surface area contributed by atoms with Gasteiger partial charge in [0.15, 0.2) is 0 Å². The van der Waals surface area contributed by atoms with E-state index in [-0.39, 0.29) is 13.2 Å². The van der Waals surface area contributed by atoms with Crippen LogP contribution in [0.25, 0.3) is 22.2 Å². The molecule has 0 fully saturated rings. The summed E-state index contributed by atoms with van der Waals surface area (Å²) in [6.45, 7) is 0.341. The van der Waals surface area contributed by atoms with Crippen molar-refractivity contribution in [3.8, 4) is 17.0 Å². The van der Waals surface area contributed by atoms with Crippen LogP contribution in [0.5, 0.6) is 5.75 Å². The molecule has 0 unspecified atom stereocenters. The molecule has 0 saturated heterocycles. The van der Waals surface area contributed by atoms with Crippen molar-refractivity contribution in [1.29, 1.82) is 0 Å². The molecule has 0 radical (unpaired) electrons. The predicted octanol–water partition coefficient (Wildman–Crippen LogP) is 2.60. The first-order valence-electron chi connectivity index (χ1n) is 7.24. The van der Waals surface area contributed by atoms with Crippen LogP contribution >= 0.6 is 0 Å². The van der Waals surface area contributed by atoms with E-state index in [2.05, 4.69) is 4.98 Å². The third-order valence-corrected chi connectivity index (χ3v) is 3.45. The molecule has 0 saturated carbocycles. The maximum atomic E-state index is 9.61. The third kappa shape index (κ3) is 3.08. The molecule has 3 aromatic rings. The maximum Gasteiger partial charge on any atom is 0.131 e. The molecule has 3 N–H and O–H groups in total. The average molecular weight is 294 g/mol. The Morgan fingerprint density at radius 1 is 1.05 bits per heavy atom. The van der Waals surface area contributed by atoms with Crippen LogP contribution in [-0.2, 0) is 0 Å². The van der Waals surface area contributed by atoms with Crippen molar-refractivity contribution in [3.05, 3.63) is 60.7 Å². The van der Waals surface area contributed by atoms with E-state index in [1.807, 2.05) is 60.7 Å². The van der Waals surface area contributed by atoms with E-state index in [0.29, 0.717) is 5.75 Å². The fourth-order valence-electron chi connectivity index (χ4n) is 2.27. The molecule has 0 aliphatic heterocycles. The first-order valence-corrected chi connectivity index (χ1v) is 7.24. The topological polar surface area (TPSA) is 68.4 Å². The van der Waals surface area contributed by atoms with Crippen molar-refractivity contribution in [2.45, 2.75) is 6.10 Å². The van der Waals surface area contributed by atoms with Crippen molar-refractivity contribution >= 4 is 10.9 Å². The zero-order chi connectivity index (χ0) is 15.4. The molecule has 1 heterocycles. The Hall–Kier alpha value is -2.43. The van der Waals surface area contributed by atoms with Crippen molar-refractivity contribution in [1.82, 2.24) is 4.98 Å². The largest absolute Gasteiger partial charge is 0.490 e. The Kier molecular flexibility index (Phi) is 4.32. The van der Waals surface area contributed by atoms with E-state index in [9.17, 15) is 5.11 Å². The lowest BCUT2D eigenvalue weighted by atomic mass is 10.1. The minimum Gasteiger partial charge on any atom is -0.490 e. The van der Waals surface area contributed by atoms with E-state index in [1.54, 1.807) is 0 Å². The summed E-state index contributed by atoms with van der Waals surface area (Å²) in [5, 5.41) is 10.5. The fourth-order valence-corrected chi connectivity index (χ4v) is 2.27. The van der Waals surface area contributed by atoms with Gasteiger partial charge in [-0.25, -0.2) is 4.98 Å². The highest BCUT2D eigenvalue weighted by atomic mass is 16.5. The van der Waals surface area contributed by atoms with Gasteiger partial charge in [0.05, 0.1) is 11.2 Å². The SMILES string of the molecule is NC[C@H](O)COc1cc(-c2ccccc2)nc2ccccc12. The first-order chi connectivity index (χ1) is 10.8. The van der Waals surface area contributed by atoms with Crippen LogP contribution in [0.4, 0.5) is 0 Å². The minimum absolute atomic E-state index is 0.165. The number of hydrogen-bond donors (Lipinski definition) is 2. The number of aliphatic hydroxyl groups is 1. The third-order valence-electron chi connectivity index (χ3n) is 3.45. The Bertz CT molecular complexity index is 759. The fraction of sp³-hybridized carbons (Fsp3) is 0.167. The normalized spacial score (nSPS) is 12.3. The number of aliphatic hydroxyl groups excluding tert-OH is 1. The molecule has 22 heavy (non-hydrogen) atoms. The van der Waals surface area contributed by atoms with Gasteiger partial charge >= 0.3 is 0 Å². The van der Waals surface area contributed by atoms with Crippen LogP contribution in [0.15, 0.2) is 60.7 Å². The van der Waals surface area contributed by atoms with Gasteiger partial charge in [-0.05, 0) is 12.1 Å². The summed E-state index contributed by atoms with van der Waals surface area (Å²) in [7, 11) is 0. The molecule has 4 nitrogen and oxygen atoms in total. The van der Waals surface area contributed by atoms with Gasteiger partial charge in [-0.1, -0.05) is 42.5 Å². The zero-order valence-corrected chi connectivity index (χ0v) is 12.1. The summed E-state index contributed by atoms with van der Waals surface area (Å²) in [4.78, 5) is 4.69. The first kappa shape index (κ1) is 14.5. The summed E-state index contributed by atoms with van der Waals surface area (Å²) in [6.07, 6.45) is -0.674. The molecular weight excluding hydrogens is 276 g/mol. The van der Waals surface area contributed by atoms with E-state index >= 15 is 0 Å². The van der Waals surface area contributed by atoms with Gasteiger partial charge in [-0.15, -0.1) is 0 Å². The summed E-state index contributed by atoms with van der Waals surface area (Å²) >= 11 is 0. The van der Waals surface area contributed by atoms with Crippen molar-refractivity contribution in [2.75, 3.05) is 13.2 Å². The van der Waals surface area contributed by atoms with Crippen molar-refractivity contribution < 1.29 is 9.84 Å². The Labute approximate surface area is 129 Å². The van der Waals surface area contributed by atoms with Crippen LogP contribution in [0.3, 0.4) is 0 Å². The van der Waals surface area contributed by atoms with Crippen molar-refractivity contribution in [3.63, 3.8) is 0 Å². The zero-order valence-electron chi connectivity index (χ0n) is 12.1. The molecule has 112 valence electrons. The molecule has 0 aliphatic carbocycles. The van der Waals surface area contributed by atoms with Crippen molar-refractivity contribution in [2.24, 2.45) is 5.73 Å². The van der Waals surface area contributed by atoms with Crippen LogP contribution in [0, 0.1) is 0 Å². The molecule has 1 atom stereocenters. The van der Waals surface area contributed by atoms with Crippen LogP contribution in [0.1, 0.15) is 0 Å². The number of aromatic nitrogens is 1. The van der Waals surface area contributed by atoms with E-state index in [1.165, 1.54) is 0 Å². The van der Waals surface area contributed by atoms with Crippen LogP contribution in [-0.4, -0.2) is 29.3 Å². The van der Waals surface area contributed by atoms with Gasteiger partial charge in [0.1, 0.15) is 18.5 Å². The second kappa shape index (κ2) is 6.56. The van der Waals surface area contributed by atoms with Gasteiger partial charge in [0.2, 0.25) is 0 Å². The smallest absolute Gasteiger partial charge is 0.131 e. The number of para-hydroxylation sites is 1. The van der Waals surface area contributed by atoms with Crippen LogP contribution in [0.2, 0.25) is 0 Å². The summed E-state index contributed by atoms with van der Waals surface area (Å²) in [5.41, 5.74) is 8.16. The molecule has 3 rings (SSSR count). The van der Waals surface area contributed by atoms with Gasteiger partial charge in [-0.2, -0.15) is 0 Å². The monoisotopic (exact) mass is 294 g/mol. The second-order valence-corrected chi connectivity index (χ2v) is 5.09. The summed E-state index contributed by atoms with van der Waals surface area (Å²) in [6, 6.07) is 19.7. The number of fused-ring (bicyclic) bond motifs is 1. The molecule has 0 aliphatic rings. The number of hydrogen-bond acceptors (Lipinski definition) is 4. The molecule has 2 aromatic carbocycles. The molecule has 1 aromatic heterocycles. The minimum atomic E-state index is -0.674. The number of pyridine rings is 1. The number of ether oxygens (including phenoxy) is 1. The number of rotatable bonds is 5. The molecule has 0 bridgehead atoms. The Morgan fingerprint density at radius 2 is 1.77 bits per heavy atom. The van der Waals surface area contributed by atoms with E-state index in [0.717, 1.165) is 22.2 Å². The highest BCUT2D eigenvalue weighted by molar-refractivity contribution is 5.87. The lowest BCUT2D eigenvalue weighted by Crippen LogP contribution is -2.26. The molecular formula is C18H18N2O2. The second-order valence-electron chi connectivity index (χ2n) is 5.09. The highest BCUT2D eigenvalue weighted by Crippen LogP contribution is 2.29. The van der Waals surface area contributed by atoms with E-state index < -0.39 is 6.10 Å². The quantitative estimate of drug-likeness (QED) is 0.759. The standard InChI is InChI=1S/C18H18N2O2/c19-11-14(21)12-22-18-10-17(13-6-2-1-3-7-13)20-16-9-5-4-8-15(16)18/h1-10,14,21H,11-12,19H2/t14-/m0/s1. The molecule has 0 amide bonds. The predicted molar refractivity (Wildman–Crippen MR) is 87.7 cm³/mol. The van der Waals surface area contributed by atoms with E-state index in [4.69, 9.17) is 10.5 Å². The summed E-state index contributed by atoms with van der Waals surface area (Å²) in [5.74, 6) is 0.706. The average Bonchev–Trinajstić information content (AvgIpc) is 2.59. The Balaban J connectivity index is 2.04. The Morgan fingerprint density at radius 3 is 2.55 bits per heavy atom. The molecule has 4 heteroatoms. The summed E-state index contributed by atoms with van der Waals surface area (Å²) < 4.78 is 5.76. The highest BCUT2D eigenvalue weighted by Gasteiger charge is 2.10. The number of nitrogens with zero attached hydrogens (tertiary/aromatic N) is 1. The van der Waals surface area contributed by atoms with Crippen LogP contribution < -0.4 is 10.5 Å². The van der Waals surface area contributed by atoms with Gasteiger partial charge in [-0.3, -0.25) is 0 Å². The molecule has 0 spiro atoms. The lowest BCUT2D eigenvalue weighted by Gasteiger charge is -2.13. The van der Waals surface area contributed by atoms with Gasteiger partial charge < -0.3 is 15.6 Å².